The van der Waals surface area contributed by atoms with Crippen LogP contribution in [-0.4, -0.2) is 28.6 Å². The molecule has 0 radical (unpaired) electrons. The number of carbonyl (C=O) groups is 1. The minimum atomic E-state index is -0.536. The van der Waals surface area contributed by atoms with Crippen molar-refractivity contribution in [1.82, 2.24) is 4.98 Å². The molecule has 0 saturated carbocycles. The molecular formula is C9H13N3O2. The predicted molar refractivity (Wildman–Crippen MR) is 52.9 cm³/mol. The van der Waals surface area contributed by atoms with E-state index in [1.807, 2.05) is 0 Å². The molecule has 1 atom stereocenters. The molecule has 14 heavy (non-hydrogen) atoms. The Morgan fingerprint density at radius 3 is 3.07 bits per heavy atom. The summed E-state index contributed by atoms with van der Waals surface area (Å²) in [6.07, 6.45) is 2.95. The molecule has 1 rings (SSSR count). The van der Waals surface area contributed by atoms with E-state index in [1.54, 1.807) is 19.2 Å². The second-order valence-electron chi connectivity index (χ2n) is 3.01. The van der Waals surface area contributed by atoms with Crippen LogP contribution >= 0.6 is 0 Å². The lowest BCUT2D eigenvalue weighted by molar-refractivity contribution is 0.100. The van der Waals surface area contributed by atoms with Crippen molar-refractivity contribution in [3.8, 4) is 0 Å². The number of pyridine rings is 1. The first-order valence-electron chi connectivity index (χ1n) is 4.26. The Bertz CT molecular complexity index is 328. The zero-order chi connectivity index (χ0) is 10.6. The molecule has 0 aromatic carbocycles. The van der Waals surface area contributed by atoms with Crippen LogP contribution < -0.4 is 11.1 Å². The summed E-state index contributed by atoms with van der Waals surface area (Å²) in [5.41, 5.74) is 6.07. The fourth-order valence-corrected chi connectivity index (χ4v) is 1.03. The SMILES string of the molecule is CC(CO)Nc1ccncc1C(N)=O. The van der Waals surface area contributed by atoms with E-state index in [1.165, 1.54) is 6.20 Å². The summed E-state index contributed by atoms with van der Waals surface area (Å²) in [5.74, 6) is -0.536. The summed E-state index contributed by atoms with van der Waals surface area (Å²) in [6.45, 7) is 1.78. The number of nitrogens with one attached hydrogen (secondary N) is 1. The van der Waals surface area contributed by atoms with Crippen molar-refractivity contribution in [2.24, 2.45) is 5.73 Å². The minimum Gasteiger partial charge on any atom is -0.394 e. The van der Waals surface area contributed by atoms with Crippen LogP contribution in [0.3, 0.4) is 0 Å². The number of amides is 1. The number of aromatic nitrogens is 1. The van der Waals surface area contributed by atoms with Crippen molar-refractivity contribution in [3.05, 3.63) is 24.0 Å². The number of rotatable bonds is 4. The average molecular weight is 195 g/mol. The fraction of sp³-hybridized carbons (Fsp3) is 0.333. The van der Waals surface area contributed by atoms with Crippen LogP contribution in [0.1, 0.15) is 17.3 Å². The standard InChI is InChI=1S/C9H13N3O2/c1-6(5-13)12-8-2-3-11-4-7(8)9(10)14/h2-4,6,13H,5H2,1H3,(H2,10,14)(H,11,12). The Kier molecular flexibility index (Phi) is 3.41. The van der Waals surface area contributed by atoms with E-state index in [-0.39, 0.29) is 12.6 Å². The highest BCUT2D eigenvalue weighted by Crippen LogP contribution is 2.13. The highest BCUT2D eigenvalue weighted by Gasteiger charge is 2.09. The molecule has 1 heterocycles. The normalized spacial score (nSPS) is 12.1. The summed E-state index contributed by atoms with van der Waals surface area (Å²) >= 11 is 0. The molecule has 0 bridgehead atoms. The third-order valence-electron chi connectivity index (χ3n) is 1.76. The number of hydrogen-bond donors (Lipinski definition) is 3. The van der Waals surface area contributed by atoms with E-state index < -0.39 is 5.91 Å². The molecule has 0 fully saturated rings. The molecule has 0 saturated heterocycles. The van der Waals surface area contributed by atoms with Gasteiger partial charge in [-0.25, -0.2) is 0 Å². The molecule has 1 amide bonds. The van der Waals surface area contributed by atoms with Crippen molar-refractivity contribution in [3.63, 3.8) is 0 Å². The van der Waals surface area contributed by atoms with Crippen LogP contribution in [0.15, 0.2) is 18.5 Å². The van der Waals surface area contributed by atoms with Gasteiger partial charge in [0.1, 0.15) is 0 Å². The van der Waals surface area contributed by atoms with Gasteiger partial charge in [-0.2, -0.15) is 0 Å². The van der Waals surface area contributed by atoms with Gasteiger partial charge < -0.3 is 16.2 Å². The Morgan fingerprint density at radius 2 is 2.50 bits per heavy atom. The highest BCUT2D eigenvalue weighted by atomic mass is 16.3. The second kappa shape index (κ2) is 4.57. The van der Waals surface area contributed by atoms with Gasteiger partial charge >= 0.3 is 0 Å². The maximum atomic E-state index is 11.0. The van der Waals surface area contributed by atoms with E-state index in [0.717, 1.165) is 0 Å². The summed E-state index contributed by atoms with van der Waals surface area (Å²) in [7, 11) is 0. The first-order valence-corrected chi connectivity index (χ1v) is 4.26. The largest absolute Gasteiger partial charge is 0.394 e. The van der Waals surface area contributed by atoms with Gasteiger partial charge in [-0.15, -0.1) is 0 Å². The molecule has 0 spiro atoms. The lowest BCUT2D eigenvalue weighted by atomic mass is 10.2. The third kappa shape index (κ3) is 2.43. The van der Waals surface area contributed by atoms with E-state index >= 15 is 0 Å². The van der Waals surface area contributed by atoms with Crippen LogP contribution in [0, 0.1) is 0 Å². The van der Waals surface area contributed by atoms with Gasteiger partial charge in [0.25, 0.3) is 5.91 Å². The zero-order valence-electron chi connectivity index (χ0n) is 7.90. The van der Waals surface area contributed by atoms with Gasteiger partial charge in [-0.3, -0.25) is 9.78 Å². The molecule has 1 unspecified atom stereocenters. The molecule has 5 nitrogen and oxygen atoms in total. The van der Waals surface area contributed by atoms with Crippen LogP contribution in [0.2, 0.25) is 0 Å². The van der Waals surface area contributed by atoms with Crippen LogP contribution in [-0.2, 0) is 0 Å². The molecule has 76 valence electrons. The Morgan fingerprint density at radius 1 is 1.79 bits per heavy atom. The van der Waals surface area contributed by atoms with Gasteiger partial charge in [0.15, 0.2) is 0 Å². The maximum absolute atomic E-state index is 11.0. The van der Waals surface area contributed by atoms with Gasteiger partial charge in [0.05, 0.1) is 17.9 Å². The average Bonchev–Trinajstić information content (AvgIpc) is 2.18. The summed E-state index contributed by atoms with van der Waals surface area (Å²) in [4.78, 5) is 14.8. The van der Waals surface area contributed by atoms with Crippen molar-refractivity contribution in [2.75, 3.05) is 11.9 Å². The smallest absolute Gasteiger partial charge is 0.252 e. The lowest BCUT2D eigenvalue weighted by Crippen LogP contribution is -2.22. The van der Waals surface area contributed by atoms with Gasteiger partial charge in [-0.1, -0.05) is 0 Å². The Balaban J connectivity index is 2.90. The third-order valence-corrected chi connectivity index (χ3v) is 1.76. The second-order valence-corrected chi connectivity index (χ2v) is 3.01. The number of nitrogens with zero attached hydrogens (tertiary/aromatic N) is 1. The zero-order valence-corrected chi connectivity index (χ0v) is 7.90. The van der Waals surface area contributed by atoms with E-state index in [4.69, 9.17) is 10.8 Å². The van der Waals surface area contributed by atoms with Crippen LogP contribution in [0.5, 0.6) is 0 Å². The minimum absolute atomic E-state index is 0.0134. The topological polar surface area (TPSA) is 88.2 Å². The van der Waals surface area contributed by atoms with Crippen molar-refractivity contribution < 1.29 is 9.90 Å². The molecule has 5 heteroatoms. The van der Waals surface area contributed by atoms with Crippen molar-refractivity contribution in [1.29, 1.82) is 0 Å². The first kappa shape index (κ1) is 10.5. The maximum Gasteiger partial charge on any atom is 0.252 e. The fourth-order valence-electron chi connectivity index (χ4n) is 1.03. The molecule has 4 N–H and O–H groups in total. The molecule has 1 aromatic heterocycles. The van der Waals surface area contributed by atoms with Gasteiger partial charge in [0.2, 0.25) is 0 Å². The van der Waals surface area contributed by atoms with Gasteiger partial charge in [0, 0.05) is 18.4 Å². The molecule has 0 aliphatic carbocycles. The number of carbonyl (C=O) groups excluding carboxylic acids is 1. The van der Waals surface area contributed by atoms with E-state index in [2.05, 4.69) is 10.3 Å². The number of nitrogens with two attached hydrogens (primary N) is 1. The van der Waals surface area contributed by atoms with E-state index in [9.17, 15) is 4.79 Å². The number of aliphatic hydroxyl groups excluding tert-OH is 1. The van der Waals surface area contributed by atoms with Gasteiger partial charge in [-0.05, 0) is 13.0 Å². The number of anilines is 1. The van der Waals surface area contributed by atoms with E-state index in [0.29, 0.717) is 11.3 Å². The number of primary amides is 1. The molecule has 0 aliphatic heterocycles. The van der Waals surface area contributed by atoms with Crippen molar-refractivity contribution in [2.45, 2.75) is 13.0 Å². The predicted octanol–water partition coefficient (Wildman–Crippen LogP) is -0.0268. The lowest BCUT2D eigenvalue weighted by Gasteiger charge is -2.13. The summed E-state index contributed by atoms with van der Waals surface area (Å²) < 4.78 is 0. The first-order chi connectivity index (χ1) is 6.65. The van der Waals surface area contributed by atoms with Crippen LogP contribution in [0.25, 0.3) is 0 Å². The molecule has 1 aromatic rings. The number of hydrogen-bond acceptors (Lipinski definition) is 4. The Hall–Kier alpha value is -1.62. The molecule has 0 aliphatic rings. The van der Waals surface area contributed by atoms with Crippen molar-refractivity contribution >= 4 is 11.6 Å². The Labute approximate surface area is 82.0 Å². The quantitative estimate of drug-likeness (QED) is 0.629. The monoisotopic (exact) mass is 195 g/mol. The highest BCUT2D eigenvalue weighted by molar-refractivity contribution is 5.98. The molecular weight excluding hydrogens is 182 g/mol. The summed E-state index contributed by atoms with van der Waals surface area (Å²) in [5, 5.41) is 11.8. The summed E-state index contributed by atoms with van der Waals surface area (Å²) in [6, 6.07) is 1.52. The number of aliphatic hydroxyl groups is 1. The van der Waals surface area contributed by atoms with Crippen LogP contribution in [0.4, 0.5) is 5.69 Å².